The van der Waals surface area contributed by atoms with Crippen molar-refractivity contribution in [3.63, 3.8) is 0 Å². The molecule has 0 bridgehead atoms. The van der Waals surface area contributed by atoms with Gasteiger partial charge in [0, 0.05) is 24.7 Å². The molecule has 13 nitrogen and oxygen atoms in total. The molecular formula is C39H46N6O7S. The lowest BCUT2D eigenvalue weighted by atomic mass is 9.97. The molecule has 0 unspecified atom stereocenters. The molecular weight excluding hydrogens is 697 g/mol. The minimum absolute atomic E-state index is 0.00881. The number of hydrogen-bond donors (Lipinski definition) is 3. The van der Waals surface area contributed by atoms with Gasteiger partial charge in [-0.2, -0.15) is 4.31 Å². The number of amides is 4. The smallest absolute Gasteiger partial charge is 0.328 e. The summed E-state index contributed by atoms with van der Waals surface area (Å²) in [7, 11) is -4.11. The Morgan fingerprint density at radius 1 is 0.962 bits per heavy atom. The third-order valence-corrected chi connectivity index (χ3v) is 11.0. The predicted molar refractivity (Wildman–Crippen MR) is 201 cm³/mol. The van der Waals surface area contributed by atoms with Crippen molar-refractivity contribution >= 4 is 45.0 Å². The number of oxime groups is 1. The van der Waals surface area contributed by atoms with Crippen molar-refractivity contribution < 1.29 is 33.1 Å². The molecule has 0 saturated carbocycles. The van der Waals surface area contributed by atoms with Crippen LogP contribution in [0.1, 0.15) is 44.4 Å². The maximum absolute atomic E-state index is 14.2. The topological polar surface area (TPSA) is 173 Å². The van der Waals surface area contributed by atoms with E-state index in [0.29, 0.717) is 5.56 Å². The van der Waals surface area contributed by atoms with Crippen molar-refractivity contribution in [2.75, 3.05) is 19.6 Å². The van der Waals surface area contributed by atoms with Crippen LogP contribution in [0, 0.1) is 11.8 Å². The number of urea groups is 1. The van der Waals surface area contributed by atoms with E-state index in [9.17, 15) is 27.9 Å². The Hall–Kier alpha value is -5.18. The summed E-state index contributed by atoms with van der Waals surface area (Å²) in [4.78, 5) is 48.2. The second-order valence-electron chi connectivity index (χ2n) is 14.0. The highest BCUT2D eigenvalue weighted by Crippen LogP contribution is 2.25. The number of pyridine rings is 1. The highest BCUT2D eigenvalue weighted by atomic mass is 32.2. The SMILES string of the molecule is CC(C)CN(C[C@H](O)[C@H](Cc1ccccc1)NC(=O)[C@H](C(C)C)N1CC(=O)N(Cc2ccnc3ccccc23)C1=O)S(=O)(=O)c1ccc(C=NO)cc1. The highest BCUT2D eigenvalue weighted by Gasteiger charge is 2.44. The zero-order valence-corrected chi connectivity index (χ0v) is 31.1. The van der Waals surface area contributed by atoms with Crippen LogP contribution < -0.4 is 5.32 Å². The van der Waals surface area contributed by atoms with Crippen molar-refractivity contribution in [1.29, 1.82) is 0 Å². The number of benzene rings is 3. The van der Waals surface area contributed by atoms with Gasteiger partial charge in [-0.25, -0.2) is 13.2 Å². The summed E-state index contributed by atoms with van der Waals surface area (Å²) in [6, 6.07) is 21.6. The van der Waals surface area contributed by atoms with Crippen LogP contribution in [0.15, 0.2) is 101 Å². The predicted octanol–water partition coefficient (Wildman–Crippen LogP) is 4.27. The van der Waals surface area contributed by atoms with Gasteiger partial charge < -0.3 is 20.5 Å². The van der Waals surface area contributed by atoms with Crippen LogP contribution in [0.25, 0.3) is 10.9 Å². The molecule has 4 aromatic rings. The van der Waals surface area contributed by atoms with Crippen LogP contribution in [-0.4, -0.2) is 99.7 Å². The van der Waals surface area contributed by atoms with E-state index in [2.05, 4.69) is 15.5 Å². The molecule has 2 heterocycles. The van der Waals surface area contributed by atoms with Gasteiger partial charge >= 0.3 is 6.03 Å². The fourth-order valence-electron chi connectivity index (χ4n) is 6.58. The normalized spacial score (nSPS) is 15.6. The number of aromatic nitrogens is 1. The molecule has 0 aliphatic carbocycles. The van der Waals surface area contributed by atoms with E-state index in [-0.39, 0.29) is 43.4 Å². The first-order valence-corrected chi connectivity index (χ1v) is 19.0. The van der Waals surface area contributed by atoms with E-state index in [0.717, 1.165) is 26.9 Å². The lowest BCUT2D eigenvalue weighted by Gasteiger charge is -2.34. The van der Waals surface area contributed by atoms with E-state index in [1.165, 1.54) is 39.7 Å². The largest absolute Gasteiger partial charge is 0.411 e. The summed E-state index contributed by atoms with van der Waals surface area (Å²) in [5.74, 6) is -1.53. The van der Waals surface area contributed by atoms with Crippen molar-refractivity contribution in [2.24, 2.45) is 17.0 Å². The van der Waals surface area contributed by atoms with Crippen LogP contribution in [0.4, 0.5) is 4.79 Å². The van der Waals surface area contributed by atoms with Gasteiger partial charge in [0.25, 0.3) is 5.91 Å². The zero-order valence-electron chi connectivity index (χ0n) is 30.2. The van der Waals surface area contributed by atoms with Gasteiger partial charge in [-0.3, -0.25) is 19.5 Å². The summed E-state index contributed by atoms with van der Waals surface area (Å²) in [5, 5.41) is 27.4. The molecule has 0 spiro atoms. The molecule has 4 amide bonds. The van der Waals surface area contributed by atoms with Gasteiger partial charge in [0.15, 0.2) is 0 Å². The molecule has 0 radical (unpaired) electrons. The number of fused-ring (bicyclic) bond motifs is 1. The van der Waals surface area contributed by atoms with Crippen LogP contribution in [0.3, 0.4) is 0 Å². The standard InChI is InChI=1S/C39H46N6O7S/c1-26(2)22-43(53(51,52)31-16-14-29(15-17-31)21-41-50)24-35(46)34(20-28-10-6-5-7-11-28)42-38(48)37(27(3)4)45-25-36(47)44(39(45)49)23-30-18-19-40-33-13-9-8-12-32(30)33/h5-19,21,26-27,34-35,37,46,50H,20,22-25H2,1-4H3,(H,42,48)/t34-,35-,37-/m0/s1. The Balaban J connectivity index is 1.39. The van der Waals surface area contributed by atoms with E-state index in [1.807, 2.05) is 68.4 Å². The Morgan fingerprint density at radius 2 is 1.64 bits per heavy atom. The number of carbonyl (C=O) groups excluding carboxylic acids is 3. The van der Waals surface area contributed by atoms with E-state index in [4.69, 9.17) is 5.21 Å². The summed E-state index contributed by atoms with van der Waals surface area (Å²) in [6.07, 6.45) is 1.60. The van der Waals surface area contributed by atoms with E-state index < -0.39 is 52.0 Å². The van der Waals surface area contributed by atoms with E-state index in [1.54, 1.807) is 26.1 Å². The molecule has 1 saturated heterocycles. The van der Waals surface area contributed by atoms with Gasteiger partial charge in [-0.05, 0) is 59.2 Å². The first-order chi connectivity index (χ1) is 25.3. The summed E-state index contributed by atoms with van der Waals surface area (Å²) >= 11 is 0. The monoisotopic (exact) mass is 742 g/mol. The van der Waals surface area contributed by atoms with Gasteiger partial charge in [0.2, 0.25) is 15.9 Å². The fraction of sp³-hybridized carbons (Fsp3) is 0.359. The maximum Gasteiger partial charge on any atom is 0.328 e. The molecule has 53 heavy (non-hydrogen) atoms. The number of aliphatic hydroxyl groups excluding tert-OH is 1. The number of nitrogens with one attached hydrogen (secondary N) is 1. The lowest BCUT2D eigenvalue weighted by molar-refractivity contribution is -0.129. The molecule has 1 fully saturated rings. The quantitative estimate of drug-likeness (QED) is 0.0661. The van der Waals surface area contributed by atoms with Gasteiger partial charge in [0.1, 0.15) is 12.6 Å². The second-order valence-corrected chi connectivity index (χ2v) is 15.9. The maximum atomic E-state index is 14.2. The number of nitrogens with zero attached hydrogens (tertiary/aromatic N) is 5. The van der Waals surface area contributed by atoms with Crippen LogP contribution in [0.5, 0.6) is 0 Å². The number of rotatable bonds is 16. The minimum Gasteiger partial charge on any atom is -0.411 e. The lowest BCUT2D eigenvalue weighted by Crippen LogP contribution is -2.57. The number of hydrogen-bond acceptors (Lipinski definition) is 9. The average molecular weight is 743 g/mol. The Bertz CT molecular complexity index is 2040. The number of aliphatic hydroxyl groups is 1. The minimum atomic E-state index is -4.11. The van der Waals surface area contributed by atoms with E-state index >= 15 is 0 Å². The molecule has 1 aromatic heterocycles. The molecule has 1 aliphatic heterocycles. The zero-order chi connectivity index (χ0) is 38.3. The first-order valence-electron chi connectivity index (χ1n) is 17.5. The van der Waals surface area contributed by atoms with Crippen molar-refractivity contribution in [3.05, 3.63) is 108 Å². The van der Waals surface area contributed by atoms with Crippen LogP contribution in [-0.2, 0) is 32.6 Å². The summed E-state index contributed by atoms with van der Waals surface area (Å²) in [6.45, 7) is 6.74. The first kappa shape index (κ1) is 39.0. The van der Waals surface area contributed by atoms with Crippen LogP contribution in [0.2, 0.25) is 0 Å². The van der Waals surface area contributed by atoms with Crippen LogP contribution >= 0.6 is 0 Å². The molecule has 3 aromatic carbocycles. The average Bonchev–Trinajstić information content (AvgIpc) is 3.39. The molecule has 1 aliphatic rings. The summed E-state index contributed by atoms with van der Waals surface area (Å²) in [5.41, 5.74) is 2.76. The molecule has 14 heteroatoms. The second kappa shape index (κ2) is 17.1. The van der Waals surface area contributed by atoms with Gasteiger partial charge in [-0.1, -0.05) is 93.5 Å². The number of carbonyl (C=O) groups is 3. The number of para-hydroxylation sites is 1. The van der Waals surface area contributed by atoms with Crippen molar-refractivity contribution in [1.82, 2.24) is 24.4 Å². The highest BCUT2D eigenvalue weighted by molar-refractivity contribution is 7.89. The molecule has 3 atom stereocenters. The molecule has 5 rings (SSSR count). The van der Waals surface area contributed by atoms with Crippen molar-refractivity contribution in [2.45, 2.75) is 63.7 Å². The third-order valence-electron chi connectivity index (χ3n) is 9.16. The number of imide groups is 1. The third kappa shape index (κ3) is 9.25. The van der Waals surface area contributed by atoms with Crippen molar-refractivity contribution in [3.8, 4) is 0 Å². The Kier molecular flexibility index (Phi) is 12.6. The summed E-state index contributed by atoms with van der Waals surface area (Å²) < 4.78 is 29.0. The number of sulfonamides is 1. The Morgan fingerprint density at radius 3 is 2.30 bits per heavy atom. The van der Waals surface area contributed by atoms with Gasteiger partial charge in [-0.15, -0.1) is 0 Å². The van der Waals surface area contributed by atoms with Gasteiger partial charge in [0.05, 0.1) is 35.3 Å². The molecule has 280 valence electrons. The fourth-order valence-corrected chi connectivity index (χ4v) is 8.20. The Labute approximate surface area is 310 Å². The molecule has 3 N–H and O–H groups in total.